The number of phenolic OH excluding ortho intramolecular Hbond substituents is 1. The maximum atomic E-state index is 11.6. The summed E-state index contributed by atoms with van der Waals surface area (Å²) in [7, 11) is 0. The molecule has 2 aromatic rings. The number of hydrogen-bond acceptors (Lipinski definition) is 5. The molecule has 22 heavy (non-hydrogen) atoms. The summed E-state index contributed by atoms with van der Waals surface area (Å²) in [5, 5.41) is 11.9. The summed E-state index contributed by atoms with van der Waals surface area (Å²) in [6.07, 6.45) is 1.83. The highest BCUT2D eigenvalue weighted by atomic mass is 32.2. The number of aromatic hydroxyl groups is 1. The fourth-order valence-corrected chi connectivity index (χ4v) is 3.72. The fourth-order valence-electron chi connectivity index (χ4n) is 1.85. The van der Waals surface area contributed by atoms with Gasteiger partial charge < -0.3 is 10.4 Å². The molecule has 2 N–H and O–H groups in total. The average Bonchev–Trinajstić information content (AvgIpc) is 2.81. The Bertz CT molecular complexity index is 752. The number of thioether (sulfide) groups is 1. The molecular weight excluding hydrogens is 334 g/mol. The Hall–Kier alpha value is -1.76. The molecule has 0 spiro atoms. The molecule has 1 aliphatic rings. The lowest BCUT2D eigenvalue weighted by molar-refractivity contribution is -0.115. The van der Waals surface area contributed by atoms with Gasteiger partial charge in [0.15, 0.2) is 0 Å². The van der Waals surface area contributed by atoms with Crippen molar-refractivity contribution in [2.24, 2.45) is 0 Å². The van der Waals surface area contributed by atoms with E-state index in [4.69, 9.17) is 12.2 Å². The van der Waals surface area contributed by atoms with Gasteiger partial charge in [0.05, 0.1) is 4.91 Å². The van der Waals surface area contributed by atoms with Crippen LogP contribution in [0.4, 0.5) is 0 Å². The Kier molecular flexibility index (Phi) is 4.52. The van der Waals surface area contributed by atoms with E-state index >= 15 is 0 Å². The number of amides is 1. The van der Waals surface area contributed by atoms with Crippen LogP contribution in [0, 0.1) is 0 Å². The van der Waals surface area contributed by atoms with E-state index in [0.717, 1.165) is 15.4 Å². The third-order valence-corrected chi connectivity index (χ3v) is 5.07. The summed E-state index contributed by atoms with van der Waals surface area (Å²) in [5.74, 6) is 0.120. The van der Waals surface area contributed by atoms with Gasteiger partial charge in [-0.2, -0.15) is 0 Å². The van der Waals surface area contributed by atoms with E-state index in [2.05, 4.69) is 5.32 Å². The van der Waals surface area contributed by atoms with Crippen molar-refractivity contribution in [2.45, 2.75) is 9.79 Å². The largest absolute Gasteiger partial charge is 0.508 e. The summed E-state index contributed by atoms with van der Waals surface area (Å²) >= 11 is 7.85. The van der Waals surface area contributed by atoms with Crippen LogP contribution in [-0.4, -0.2) is 15.3 Å². The summed E-state index contributed by atoms with van der Waals surface area (Å²) in [5.41, 5.74) is 0.956. The van der Waals surface area contributed by atoms with Gasteiger partial charge in [-0.05, 0) is 48.0 Å². The molecule has 1 heterocycles. The number of phenols is 1. The van der Waals surface area contributed by atoms with Gasteiger partial charge in [0, 0.05) is 9.79 Å². The molecule has 1 saturated heterocycles. The van der Waals surface area contributed by atoms with Gasteiger partial charge in [0.1, 0.15) is 10.1 Å². The molecule has 0 bridgehead atoms. The Morgan fingerprint density at radius 1 is 1.05 bits per heavy atom. The van der Waals surface area contributed by atoms with Crippen LogP contribution in [0.5, 0.6) is 5.75 Å². The molecule has 1 fully saturated rings. The Morgan fingerprint density at radius 3 is 2.18 bits per heavy atom. The number of carbonyl (C=O) groups is 1. The Labute approximate surface area is 141 Å². The van der Waals surface area contributed by atoms with E-state index in [1.807, 2.05) is 42.5 Å². The maximum absolute atomic E-state index is 11.6. The van der Waals surface area contributed by atoms with Crippen LogP contribution < -0.4 is 5.32 Å². The molecule has 0 saturated carbocycles. The van der Waals surface area contributed by atoms with E-state index < -0.39 is 0 Å². The molecule has 3 nitrogen and oxygen atoms in total. The predicted octanol–water partition coefficient (Wildman–Crippen LogP) is 4.03. The third kappa shape index (κ3) is 3.71. The van der Waals surface area contributed by atoms with E-state index in [9.17, 15) is 9.90 Å². The summed E-state index contributed by atoms with van der Waals surface area (Å²) in [6, 6.07) is 15.0. The standard InChI is InChI=1S/C16H11NO2S3/c18-11-3-7-13(8-4-11)21-12-5-1-10(2-6-12)9-14-15(19)17-16(20)22-14/h1-9,18H,(H,17,19,20). The molecule has 1 aliphatic heterocycles. The second kappa shape index (κ2) is 6.56. The summed E-state index contributed by atoms with van der Waals surface area (Å²) in [4.78, 5) is 14.4. The number of nitrogens with one attached hydrogen (secondary N) is 1. The van der Waals surface area contributed by atoms with Crippen LogP contribution in [0.25, 0.3) is 6.08 Å². The van der Waals surface area contributed by atoms with Crippen LogP contribution in [0.1, 0.15) is 5.56 Å². The van der Waals surface area contributed by atoms with Gasteiger partial charge in [-0.15, -0.1) is 0 Å². The smallest absolute Gasteiger partial charge is 0.263 e. The van der Waals surface area contributed by atoms with Crippen molar-refractivity contribution < 1.29 is 9.90 Å². The van der Waals surface area contributed by atoms with Crippen molar-refractivity contribution in [1.29, 1.82) is 0 Å². The molecule has 0 unspecified atom stereocenters. The van der Waals surface area contributed by atoms with Crippen molar-refractivity contribution in [2.75, 3.05) is 0 Å². The number of thiocarbonyl (C=S) groups is 1. The van der Waals surface area contributed by atoms with E-state index in [-0.39, 0.29) is 11.7 Å². The lowest BCUT2D eigenvalue weighted by Crippen LogP contribution is -2.17. The first kappa shape index (κ1) is 15.1. The van der Waals surface area contributed by atoms with Gasteiger partial charge >= 0.3 is 0 Å². The molecule has 1 amide bonds. The first-order valence-electron chi connectivity index (χ1n) is 6.42. The minimum absolute atomic E-state index is 0.141. The molecule has 0 aliphatic carbocycles. The monoisotopic (exact) mass is 345 g/mol. The van der Waals surface area contributed by atoms with E-state index in [1.165, 1.54) is 11.8 Å². The minimum Gasteiger partial charge on any atom is -0.508 e. The van der Waals surface area contributed by atoms with Crippen LogP contribution in [0.3, 0.4) is 0 Å². The van der Waals surface area contributed by atoms with Gasteiger partial charge in [-0.1, -0.05) is 47.9 Å². The lowest BCUT2D eigenvalue weighted by atomic mass is 10.2. The first-order valence-corrected chi connectivity index (χ1v) is 8.46. The van der Waals surface area contributed by atoms with Gasteiger partial charge in [-0.3, -0.25) is 4.79 Å². The summed E-state index contributed by atoms with van der Waals surface area (Å²) < 4.78 is 0.496. The Morgan fingerprint density at radius 2 is 1.64 bits per heavy atom. The second-order valence-electron chi connectivity index (χ2n) is 4.52. The van der Waals surface area contributed by atoms with E-state index in [1.54, 1.807) is 23.9 Å². The molecule has 110 valence electrons. The predicted molar refractivity (Wildman–Crippen MR) is 95.0 cm³/mol. The molecule has 3 rings (SSSR count). The van der Waals surface area contributed by atoms with Crippen LogP contribution in [-0.2, 0) is 4.79 Å². The molecule has 0 radical (unpaired) electrons. The fraction of sp³-hybridized carbons (Fsp3) is 0. The van der Waals surface area contributed by atoms with E-state index in [0.29, 0.717) is 9.23 Å². The zero-order chi connectivity index (χ0) is 15.5. The van der Waals surface area contributed by atoms with Crippen molar-refractivity contribution in [3.63, 3.8) is 0 Å². The third-order valence-electron chi connectivity index (χ3n) is 2.89. The van der Waals surface area contributed by atoms with Crippen molar-refractivity contribution in [3.05, 3.63) is 59.0 Å². The molecular formula is C16H11NO2S3. The zero-order valence-electron chi connectivity index (χ0n) is 11.3. The van der Waals surface area contributed by atoms with Gasteiger partial charge in [0.25, 0.3) is 5.91 Å². The highest BCUT2D eigenvalue weighted by Gasteiger charge is 2.21. The highest BCUT2D eigenvalue weighted by molar-refractivity contribution is 8.26. The van der Waals surface area contributed by atoms with Crippen LogP contribution in [0.15, 0.2) is 63.2 Å². The minimum atomic E-state index is -0.141. The molecule has 6 heteroatoms. The molecule has 2 aromatic carbocycles. The molecule has 0 aromatic heterocycles. The van der Waals surface area contributed by atoms with Crippen LogP contribution >= 0.6 is 35.7 Å². The summed E-state index contributed by atoms with van der Waals surface area (Å²) in [6.45, 7) is 0. The number of benzene rings is 2. The number of carbonyl (C=O) groups excluding carboxylic acids is 1. The topological polar surface area (TPSA) is 49.3 Å². The normalized spacial score (nSPS) is 16.1. The lowest BCUT2D eigenvalue weighted by Gasteiger charge is -2.03. The number of rotatable bonds is 3. The van der Waals surface area contributed by atoms with Crippen molar-refractivity contribution in [3.8, 4) is 5.75 Å². The quantitative estimate of drug-likeness (QED) is 0.650. The highest BCUT2D eigenvalue weighted by Crippen LogP contribution is 2.30. The first-order chi connectivity index (χ1) is 10.6. The average molecular weight is 345 g/mol. The number of hydrogen-bond donors (Lipinski definition) is 2. The second-order valence-corrected chi connectivity index (χ2v) is 7.38. The molecule has 0 atom stereocenters. The van der Waals surface area contributed by atoms with Gasteiger partial charge in [-0.25, -0.2) is 0 Å². The Balaban J connectivity index is 1.73. The SMILES string of the molecule is O=C1NC(=S)SC1=Cc1ccc(Sc2ccc(O)cc2)cc1. The van der Waals surface area contributed by atoms with Crippen molar-refractivity contribution >= 4 is 52.0 Å². The maximum Gasteiger partial charge on any atom is 0.263 e. The van der Waals surface area contributed by atoms with Crippen LogP contribution in [0.2, 0.25) is 0 Å². The van der Waals surface area contributed by atoms with Gasteiger partial charge in [0.2, 0.25) is 0 Å². The van der Waals surface area contributed by atoms with Crippen molar-refractivity contribution in [1.82, 2.24) is 5.32 Å². The zero-order valence-corrected chi connectivity index (χ0v) is 13.7.